The number of carbonyl (C=O) groups is 2. The molecule has 0 radical (unpaired) electrons. The Bertz CT molecular complexity index is 577. The summed E-state index contributed by atoms with van der Waals surface area (Å²) in [6.07, 6.45) is -0.902. The van der Waals surface area contributed by atoms with Crippen molar-refractivity contribution in [3.05, 3.63) is 42.5 Å². The van der Waals surface area contributed by atoms with Crippen LogP contribution in [0.2, 0.25) is 0 Å². The zero-order chi connectivity index (χ0) is 12.3. The highest BCUT2D eigenvalue weighted by Crippen LogP contribution is 2.25. The molecule has 0 aliphatic heterocycles. The van der Waals surface area contributed by atoms with Gasteiger partial charge in [0.15, 0.2) is 0 Å². The van der Waals surface area contributed by atoms with Gasteiger partial charge >= 0.3 is 11.5 Å². The Labute approximate surface area is 102 Å². The third kappa shape index (κ3) is 2.73. The molecule has 1 N–H and O–H groups in total. The van der Waals surface area contributed by atoms with Gasteiger partial charge in [-0.1, -0.05) is 36.4 Å². The van der Waals surface area contributed by atoms with Crippen LogP contribution in [0.5, 0.6) is 5.75 Å². The van der Waals surface area contributed by atoms with Crippen LogP contribution in [0.25, 0.3) is 10.8 Å². The van der Waals surface area contributed by atoms with Gasteiger partial charge in [0, 0.05) is 5.39 Å². The summed E-state index contributed by atoms with van der Waals surface area (Å²) in [4.78, 5) is 21.7. The lowest BCUT2D eigenvalue weighted by molar-refractivity contribution is 0.201. The molecule has 0 atom stereocenters. The fourth-order valence-electron chi connectivity index (χ4n) is 1.49. The lowest BCUT2D eigenvalue weighted by atomic mass is 10.1. The van der Waals surface area contributed by atoms with E-state index in [9.17, 15) is 9.59 Å². The molecule has 0 heterocycles. The lowest BCUT2D eigenvalue weighted by Crippen LogP contribution is -2.28. The smallest absolute Gasteiger partial charge is 0.409 e. The van der Waals surface area contributed by atoms with E-state index in [0.717, 1.165) is 10.8 Å². The van der Waals surface area contributed by atoms with Crippen LogP contribution in [0, 0.1) is 0 Å². The van der Waals surface area contributed by atoms with Crippen molar-refractivity contribution in [1.29, 1.82) is 0 Å². The number of nitrogens with one attached hydrogen (secondary N) is 1. The zero-order valence-corrected chi connectivity index (χ0v) is 9.40. The van der Waals surface area contributed by atoms with E-state index in [0.29, 0.717) is 5.75 Å². The number of hydrogen-bond donors (Lipinski definition) is 1. The molecule has 86 valence electrons. The highest BCUT2D eigenvalue weighted by atomic mass is 35.5. The molecule has 0 aliphatic rings. The van der Waals surface area contributed by atoms with E-state index in [1.165, 1.54) is 0 Å². The maximum Gasteiger partial charge on any atom is 0.420 e. The van der Waals surface area contributed by atoms with Gasteiger partial charge in [0.25, 0.3) is 0 Å². The van der Waals surface area contributed by atoms with E-state index in [1.807, 2.05) is 35.6 Å². The van der Waals surface area contributed by atoms with Crippen molar-refractivity contribution >= 4 is 33.8 Å². The fraction of sp³-hybridized carbons (Fsp3) is 0. The van der Waals surface area contributed by atoms with Gasteiger partial charge in [-0.15, -0.1) is 0 Å². The topological polar surface area (TPSA) is 55.4 Å². The third-order valence-corrected chi connectivity index (χ3v) is 2.25. The van der Waals surface area contributed by atoms with E-state index >= 15 is 0 Å². The molecule has 0 aromatic heterocycles. The van der Waals surface area contributed by atoms with Crippen molar-refractivity contribution in [2.45, 2.75) is 0 Å². The van der Waals surface area contributed by atoms with Crippen LogP contribution in [0.3, 0.4) is 0 Å². The van der Waals surface area contributed by atoms with E-state index in [4.69, 9.17) is 16.3 Å². The summed E-state index contributed by atoms with van der Waals surface area (Å²) >= 11 is 5.01. The highest BCUT2D eigenvalue weighted by molar-refractivity contribution is 6.64. The first-order chi connectivity index (χ1) is 8.16. The number of ether oxygens (including phenoxy) is 1. The van der Waals surface area contributed by atoms with Gasteiger partial charge in [-0.2, -0.15) is 0 Å². The van der Waals surface area contributed by atoms with Gasteiger partial charge in [0.1, 0.15) is 5.75 Å². The summed E-state index contributed by atoms with van der Waals surface area (Å²) in [5.74, 6) is 0.374. The zero-order valence-electron chi connectivity index (χ0n) is 8.64. The Morgan fingerprint density at radius 1 is 1.06 bits per heavy atom. The third-order valence-electron chi connectivity index (χ3n) is 2.15. The Kier molecular flexibility index (Phi) is 3.25. The minimum atomic E-state index is -0.977. The first-order valence-electron chi connectivity index (χ1n) is 4.83. The maximum absolute atomic E-state index is 11.2. The van der Waals surface area contributed by atoms with Crippen LogP contribution >= 0.6 is 11.6 Å². The van der Waals surface area contributed by atoms with Crippen molar-refractivity contribution in [3.63, 3.8) is 0 Å². The molecule has 4 nitrogen and oxygen atoms in total. The SMILES string of the molecule is O=C(Cl)NC(=O)Oc1cccc2ccccc12. The average Bonchev–Trinajstić information content (AvgIpc) is 2.28. The molecule has 0 unspecified atom stereocenters. The number of amides is 2. The normalized spacial score (nSPS) is 9.94. The first-order valence-corrected chi connectivity index (χ1v) is 5.20. The summed E-state index contributed by atoms with van der Waals surface area (Å²) in [6.45, 7) is 0. The van der Waals surface area contributed by atoms with Gasteiger partial charge in [-0.25, -0.2) is 10.1 Å². The number of halogens is 1. The largest absolute Gasteiger partial charge is 0.420 e. The fourth-order valence-corrected chi connectivity index (χ4v) is 1.57. The number of imide groups is 1. The quantitative estimate of drug-likeness (QED) is 0.623. The molecule has 0 saturated carbocycles. The number of carbonyl (C=O) groups excluding carboxylic acids is 2. The molecule has 0 saturated heterocycles. The first kappa shape index (κ1) is 11.4. The summed E-state index contributed by atoms with van der Waals surface area (Å²) in [5.41, 5.74) is 0. The molecule has 2 rings (SSSR count). The summed E-state index contributed by atoms with van der Waals surface area (Å²) in [6, 6.07) is 12.7. The van der Waals surface area contributed by atoms with Crippen LogP contribution < -0.4 is 10.1 Å². The van der Waals surface area contributed by atoms with E-state index in [1.54, 1.807) is 12.1 Å². The van der Waals surface area contributed by atoms with Crippen LogP contribution in [0.4, 0.5) is 9.59 Å². The minimum Gasteiger partial charge on any atom is -0.409 e. The van der Waals surface area contributed by atoms with E-state index < -0.39 is 11.5 Å². The average molecular weight is 250 g/mol. The summed E-state index contributed by atoms with van der Waals surface area (Å²) in [5, 5.41) is 2.57. The standard InChI is InChI=1S/C12H8ClNO3/c13-11(15)14-12(16)17-10-7-3-5-8-4-1-2-6-9(8)10/h1-7H,(H,14,15,16). The molecule has 0 fully saturated rings. The second-order valence-electron chi connectivity index (χ2n) is 3.27. The van der Waals surface area contributed by atoms with Crippen LogP contribution in [0.1, 0.15) is 0 Å². The maximum atomic E-state index is 11.2. The van der Waals surface area contributed by atoms with Crippen molar-refractivity contribution in [2.24, 2.45) is 0 Å². The molecule has 5 heteroatoms. The minimum absolute atomic E-state index is 0.374. The highest BCUT2D eigenvalue weighted by Gasteiger charge is 2.09. The van der Waals surface area contributed by atoms with Crippen molar-refractivity contribution in [2.75, 3.05) is 0 Å². The van der Waals surface area contributed by atoms with Crippen LogP contribution in [0.15, 0.2) is 42.5 Å². The van der Waals surface area contributed by atoms with Crippen molar-refractivity contribution in [1.82, 2.24) is 5.32 Å². The lowest BCUT2D eigenvalue weighted by Gasteiger charge is -2.06. The number of benzene rings is 2. The monoisotopic (exact) mass is 249 g/mol. The molecule has 0 spiro atoms. The van der Waals surface area contributed by atoms with Crippen LogP contribution in [-0.4, -0.2) is 11.5 Å². The summed E-state index contributed by atoms with van der Waals surface area (Å²) < 4.78 is 4.98. The molecule has 2 aromatic carbocycles. The molecule has 17 heavy (non-hydrogen) atoms. The number of hydrogen-bond acceptors (Lipinski definition) is 3. The number of fused-ring (bicyclic) bond motifs is 1. The second kappa shape index (κ2) is 4.84. The Balaban J connectivity index is 2.30. The van der Waals surface area contributed by atoms with Gasteiger partial charge in [-0.3, -0.25) is 4.79 Å². The Morgan fingerprint density at radius 3 is 2.53 bits per heavy atom. The van der Waals surface area contributed by atoms with Crippen LogP contribution in [-0.2, 0) is 0 Å². The summed E-state index contributed by atoms with van der Waals surface area (Å²) in [7, 11) is 0. The van der Waals surface area contributed by atoms with Gasteiger partial charge in [0.05, 0.1) is 0 Å². The number of rotatable bonds is 1. The van der Waals surface area contributed by atoms with Gasteiger partial charge < -0.3 is 4.74 Å². The van der Waals surface area contributed by atoms with Crippen molar-refractivity contribution < 1.29 is 14.3 Å². The predicted octanol–water partition coefficient (Wildman–Crippen LogP) is 3.29. The molecule has 0 bridgehead atoms. The Hall–Kier alpha value is -2.07. The van der Waals surface area contributed by atoms with E-state index in [2.05, 4.69) is 0 Å². The van der Waals surface area contributed by atoms with Crippen molar-refractivity contribution in [3.8, 4) is 5.75 Å². The molecule has 2 aromatic rings. The van der Waals surface area contributed by atoms with E-state index in [-0.39, 0.29) is 0 Å². The van der Waals surface area contributed by atoms with Gasteiger partial charge in [-0.05, 0) is 23.1 Å². The molecule has 0 aliphatic carbocycles. The molecular weight excluding hydrogens is 242 g/mol. The van der Waals surface area contributed by atoms with Gasteiger partial charge in [0.2, 0.25) is 0 Å². The Morgan fingerprint density at radius 2 is 1.76 bits per heavy atom. The predicted molar refractivity (Wildman–Crippen MR) is 64.4 cm³/mol. The molecular formula is C12H8ClNO3. The molecule has 2 amide bonds. The second-order valence-corrected chi connectivity index (χ2v) is 3.61.